The summed E-state index contributed by atoms with van der Waals surface area (Å²) < 4.78 is 13.0. The molecule has 0 radical (unpaired) electrons. The zero-order valence-corrected chi connectivity index (χ0v) is 11.7. The topological polar surface area (TPSA) is 12.0 Å². The van der Waals surface area contributed by atoms with Gasteiger partial charge >= 0.3 is 0 Å². The van der Waals surface area contributed by atoms with Crippen LogP contribution in [0.4, 0.5) is 4.39 Å². The normalized spacial score (nSPS) is 23.0. The highest BCUT2D eigenvalue weighted by atomic mass is 19.1. The van der Waals surface area contributed by atoms with Gasteiger partial charge in [-0.1, -0.05) is 32.8 Å². The van der Waals surface area contributed by atoms with E-state index in [1.807, 2.05) is 13.0 Å². The molecule has 0 aliphatic heterocycles. The molecule has 0 saturated heterocycles. The lowest BCUT2D eigenvalue weighted by Gasteiger charge is -2.39. The van der Waals surface area contributed by atoms with E-state index < -0.39 is 0 Å². The molecule has 2 rings (SSSR count). The van der Waals surface area contributed by atoms with Crippen molar-refractivity contribution < 1.29 is 4.39 Å². The molecule has 1 aromatic rings. The molecule has 1 nitrogen and oxygen atoms in total. The first-order chi connectivity index (χ1) is 8.49. The molecular weight excluding hydrogens is 225 g/mol. The Morgan fingerprint density at radius 2 is 2.11 bits per heavy atom. The molecule has 100 valence electrons. The first kappa shape index (κ1) is 13.5. The molecule has 1 unspecified atom stereocenters. The van der Waals surface area contributed by atoms with Crippen LogP contribution in [-0.2, 0) is 6.54 Å². The number of hydrogen-bond donors (Lipinski definition) is 1. The molecule has 0 aromatic heterocycles. The highest BCUT2D eigenvalue weighted by molar-refractivity contribution is 5.26. The predicted molar refractivity (Wildman–Crippen MR) is 74.0 cm³/mol. The molecule has 0 spiro atoms. The summed E-state index contributed by atoms with van der Waals surface area (Å²) in [5.74, 6) is -0.144. The van der Waals surface area contributed by atoms with Crippen LogP contribution < -0.4 is 5.32 Å². The Bertz CT molecular complexity index is 412. The second-order valence-corrected chi connectivity index (χ2v) is 6.24. The van der Waals surface area contributed by atoms with Crippen molar-refractivity contribution in [2.24, 2.45) is 5.41 Å². The molecule has 0 amide bonds. The van der Waals surface area contributed by atoms with Gasteiger partial charge in [-0.3, -0.25) is 0 Å². The zero-order chi connectivity index (χ0) is 13.2. The lowest BCUT2D eigenvalue weighted by Crippen LogP contribution is -2.43. The monoisotopic (exact) mass is 249 g/mol. The van der Waals surface area contributed by atoms with Gasteiger partial charge in [0.25, 0.3) is 0 Å². The minimum Gasteiger partial charge on any atom is -0.309 e. The SMILES string of the molecule is Cc1cc(F)ccc1CNC1CCCCC1(C)C. The average molecular weight is 249 g/mol. The minimum absolute atomic E-state index is 0.144. The average Bonchev–Trinajstić information content (AvgIpc) is 2.29. The molecule has 1 aromatic carbocycles. The Balaban J connectivity index is 1.98. The molecule has 1 fully saturated rings. The van der Waals surface area contributed by atoms with E-state index >= 15 is 0 Å². The predicted octanol–water partition coefficient (Wildman–Crippen LogP) is 4.19. The fourth-order valence-electron chi connectivity index (χ4n) is 2.96. The first-order valence-corrected chi connectivity index (χ1v) is 6.97. The van der Waals surface area contributed by atoms with Crippen LogP contribution in [0.5, 0.6) is 0 Å². The van der Waals surface area contributed by atoms with E-state index in [0.29, 0.717) is 11.5 Å². The van der Waals surface area contributed by atoms with Gasteiger partial charge in [0.05, 0.1) is 0 Å². The second-order valence-electron chi connectivity index (χ2n) is 6.24. The van der Waals surface area contributed by atoms with Crippen molar-refractivity contribution >= 4 is 0 Å². The maximum absolute atomic E-state index is 13.0. The summed E-state index contributed by atoms with van der Waals surface area (Å²) in [5.41, 5.74) is 2.63. The van der Waals surface area contributed by atoms with E-state index in [-0.39, 0.29) is 5.82 Å². The minimum atomic E-state index is -0.144. The van der Waals surface area contributed by atoms with Gasteiger partial charge in [0, 0.05) is 12.6 Å². The van der Waals surface area contributed by atoms with Crippen molar-refractivity contribution in [3.05, 3.63) is 35.1 Å². The van der Waals surface area contributed by atoms with Crippen molar-refractivity contribution in [1.82, 2.24) is 5.32 Å². The van der Waals surface area contributed by atoms with Crippen LogP contribution in [0.25, 0.3) is 0 Å². The first-order valence-electron chi connectivity index (χ1n) is 6.97. The second kappa shape index (κ2) is 5.40. The van der Waals surface area contributed by atoms with E-state index in [1.54, 1.807) is 12.1 Å². The molecule has 1 aliphatic rings. The van der Waals surface area contributed by atoms with Gasteiger partial charge in [-0.15, -0.1) is 0 Å². The standard InChI is InChI=1S/C16H24FN/c1-12-10-14(17)8-7-13(12)11-18-15-6-4-5-9-16(15,2)3/h7-8,10,15,18H,4-6,9,11H2,1-3H3. The van der Waals surface area contributed by atoms with E-state index in [1.165, 1.54) is 31.2 Å². The van der Waals surface area contributed by atoms with Gasteiger partial charge in [-0.2, -0.15) is 0 Å². The quantitative estimate of drug-likeness (QED) is 0.847. The molecule has 0 heterocycles. The van der Waals surface area contributed by atoms with E-state index in [9.17, 15) is 4.39 Å². The summed E-state index contributed by atoms with van der Waals surface area (Å²) in [7, 11) is 0. The lowest BCUT2D eigenvalue weighted by atomic mass is 9.73. The van der Waals surface area contributed by atoms with E-state index in [4.69, 9.17) is 0 Å². The number of nitrogens with one attached hydrogen (secondary N) is 1. The Hall–Kier alpha value is -0.890. The molecule has 1 N–H and O–H groups in total. The molecule has 18 heavy (non-hydrogen) atoms. The Morgan fingerprint density at radius 1 is 1.33 bits per heavy atom. The number of hydrogen-bond acceptors (Lipinski definition) is 1. The summed E-state index contributed by atoms with van der Waals surface area (Å²) in [6.45, 7) is 7.52. The van der Waals surface area contributed by atoms with Crippen molar-refractivity contribution in [3.63, 3.8) is 0 Å². The Morgan fingerprint density at radius 3 is 2.78 bits per heavy atom. The fraction of sp³-hybridized carbons (Fsp3) is 0.625. The van der Waals surface area contributed by atoms with Gasteiger partial charge in [0.1, 0.15) is 5.82 Å². The molecule has 2 heteroatoms. The van der Waals surface area contributed by atoms with Gasteiger partial charge in [-0.05, 0) is 48.4 Å². The highest BCUT2D eigenvalue weighted by Crippen LogP contribution is 2.35. The third-order valence-corrected chi connectivity index (χ3v) is 4.35. The smallest absolute Gasteiger partial charge is 0.123 e. The largest absolute Gasteiger partial charge is 0.309 e. The lowest BCUT2D eigenvalue weighted by molar-refractivity contribution is 0.166. The number of benzene rings is 1. The molecular formula is C16H24FN. The van der Waals surface area contributed by atoms with Gasteiger partial charge in [0.2, 0.25) is 0 Å². The number of aryl methyl sites for hydroxylation is 1. The highest BCUT2D eigenvalue weighted by Gasteiger charge is 2.31. The summed E-state index contributed by atoms with van der Waals surface area (Å²) in [4.78, 5) is 0. The molecule has 1 aliphatic carbocycles. The third-order valence-electron chi connectivity index (χ3n) is 4.35. The number of rotatable bonds is 3. The van der Waals surface area contributed by atoms with Crippen LogP contribution in [0, 0.1) is 18.2 Å². The maximum Gasteiger partial charge on any atom is 0.123 e. The number of halogens is 1. The molecule has 0 bridgehead atoms. The van der Waals surface area contributed by atoms with Gasteiger partial charge in [0.15, 0.2) is 0 Å². The van der Waals surface area contributed by atoms with Crippen molar-refractivity contribution in [2.75, 3.05) is 0 Å². The van der Waals surface area contributed by atoms with Crippen LogP contribution in [0.1, 0.15) is 50.7 Å². The van der Waals surface area contributed by atoms with Crippen molar-refractivity contribution in [3.8, 4) is 0 Å². The summed E-state index contributed by atoms with van der Waals surface area (Å²) in [6, 6.07) is 5.64. The van der Waals surface area contributed by atoms with Gasteiger partial charge in [-0.25, -0.2) is 4.39 Å². The Labute approximate surface area is 110 Å². The summed E-state index contributed by atoms with van der Waals surface area (Å²) in [6.07, 6.45) is 5.23. The van der Waals surface area contributed by atoms with Crippen molar-refractivity contribution in [2.45, 2.75) is 59.0 Å². The fourth-order valence-corrected chi connectivity index (χ4v) is 2.96. The summed E-state index contributed by atoms with van der Waals surface area (Å²) >= 11 is 0. The summed E-state index contributed by atoms with van der Waals surface area (Å²) in [5, 5.41) is 3.67. The van der Waals surface area contributed by atoms with Crippen LogP contribution in [0.15, 0.2) is 18.2 Å². The van der Waals surface area contributed by atoms with Crippen LogP contribution in [-0.4, -0.2) is 6.04 Å². The Kier molecular flexibility index (Phi) is 4.06. The van der Waals surface area contributed by atoms with E-state index in [2.05, 4.69) is 19.2 Å². The van der Waals surface area contributed by atoms with Crippen molar-refractivity contribution in [1.29, 1.82) is 0 Å². The zero-order valence-electron chi connectivity index (χ0n) is 11.7. The van der Waals surface area contributed by atoms with Crippen LogP contribution in [0.3, 0.4) is 0 Å². The third kappa shape index (κ3) is 3.11. The maximum atomic E-state index is 13.0. The van der Waals surface area contributed by atoms with Crippen LogP contribution in [0.2, 0.25) is 0 Å². The van der Waals surface area contributed by atoms with Gasteiger partial charge < -0.3 is 5.32 Å². The molecule has 1 saturated carbocycles. The molecule has 1 atom stereocenters. The van der Waals surface area contributed by atoms with Crippen LogP contribution >= 0.6 is 0 Å². The van der Waals surface area contributed by atoms with E-state index in [0.717, 1.165) is 12.1 Å².